The van der Waals surface area contributed by atoms with Crippen LogP contribution in [0.15, 0.2) is 47.4 Å². The Hall–Kier alpha value is -2.71. The van der Waals surface area contributed by atoms with Crippen LogP contribution in [0.5, 0.6) is 0 Å². The molecule has 1 fully saturated rings. The Labute approximate surface area is 171 Å². The largest absolute Gasteiger partial charge is 0.340 e. The Kier molecular flexibility index (Phi) is 6.04. The standard InChI is InChI=1S/C21H25N3O4S/c1-15-11-16(2)13-19(12-15)22-21(26)18-5-4-6-20(14-18)29(27,28)24-9-7-23(8-10-24)17(3)25/h4-6,11-14H,7-10H2,1-3H3,(H,22,26). The molecular formula is C21H25N3O4S. The Morgan fingerprint density at radius 1 is 0.931 bits per heavy atom. The van der Waals surface area contributed by atoms with Crippen LogP contribution in [0.25, 0.3) is 0 Å². The van der Waals surface area contributed by atoms with Gasteiger partial charge in [-0.05, 0) is 55.3 Å². The van der Waals surface area contributed by atoms with E-state index in [9.17, 15) is 18.0 Å². The zero-order chi connectivity index (χ0) is 21.2. The minimum atomic E-state index is -3.74. The molecule has 1 aliphatic rings. The summed E-state index contributed by atoms with van der Waals surface area (Å²) in [5, 5.41) is 2.82. The molecule has 0 saturated carbocycles. The topological polar surface area (TPSA) is 86.8 Å². The summed E-state index contributed by atoms with van der Waals surface area (Å²) in [6, 6.07) is 11.8. The monoisotopic (exact) mass is 415 g/mol. The number of carbonyl (C=O) groups is 2. The third kappa shape index (κ3) is 4.83. The van der Waals surface area contributed by atoms with Crippen LogP contribution >= 0.6 is 0 Å². The lowest BCUT2D eigenvalue weighted by Gasteiger charge is -2.33. The summed E-state index contributed by atoms with van der Waals surface area (Å²) in [6.45, 7) is 6.57. The van der Waals surface area contributed by atoms with Crippen LogP contribution in [-0.2, 0) is 14.8 Å². The van der Waals surface area contributed by atoms with Gasteiger partial charge in [-0.15, -0.1) is 0 Å². The van der Waals surface area contributed by atoms with Gasteiger partial charge in [-0.25, -0.2) is 8.42 Å². The smallest absolute Gasteiger partial charge is 0.255 e. The minimum absolute atomic E-state index is 0.0629. The van der Waals surface area contributed by atoms with E-state index in [1.807, 2.05) is 32.0 Å². The second-order valence-corrected chi connectivity index (χ2v) is 9.21. The van der Waals surface area contributed by atoms with Crippen molar-refractivity contribution >= 4 is 27.5 Å². The van der Waals surface area contributed by atoms with Crippen LogP contribution in [0.3, 0.4) is 0 Å². The van der Waals surface area contributed by atoms with Crippen molar-refractivity contribution in [3.63, 3.8) is 0 Å². The zero-order valence-corrected chi connectivity index (χ0v) is 17.6. The number of carbonyl (C=O) groups excluding carboxylic acids is 2. The molecule has 1 heterocycles. The SMILES string of the molecule is CC(=O)N1CCN(S(=O)(=O)c2cccc(C(=O)Nc3cc(C)cc(C)c3)c2)CC1. The van der Waals surface area contributed by atoms with Crippen molar-refractivity contribution in [1.82, 2.24) is 9.21 Å². The molecule has 2 amide bonds. The van der Waals surface area contributed by atoms with Gasteiger partial charge in [-0.1, -0.05) is 12.1 Å². The molecule has 3 rings (SSSR count). The minimum Gasteiger partial charge on any atom is -0.340 e. The van der Waals surface area contributed by atoms with Crippen LogP contribution in [0.1, 0.15) is 28.4 Å². The number of nitrogens with zero attached hydrogens (tertiary/aromatic N) is 2. The lowest BCUT2D eigenvalue weighted by Crippen LogP contribution is -2.49. The highest BCUT2D eigenvalue weighted by atomic mass is 32.2. The first kappa shape index (κ1) is 21.0. The average Bonchev–Trinajstić information content (AvgIpc) is 2.67. The highest BCUT2D eigenvalue weighted by Crippen LogP contribution is 2.20. The fourth-order valence-corrected chi connectivity index (χ4v) is 4.91. The summed E-state index contributed by atoms with van der Waals surface area (Å²) >= 11 is 0. The average molecular weight is 416 g/mol. The van der Waals surface area contributed by atoms with Crippen LogP contribution in [0.4, 0.5) is 5.69 Å². The zero-order valence-electron chi connectivity index (χ0n) is 16.8. The van der Waals surface area contributed by atoms with Gasteiger partial charge in [0.15, 0.2) is 0 Å². The van der Waals surface area contributed by atoms with Gasteiger partial charge in [-0.2, -0.15) is 4.31 Å². The van der Waals surface area contributed by atoms with Crippen molar-refractivity contribution in [2.24, 2.45) is 0 Å². The molecule has 0 spiro atoms. The van der Waals surface area contributed by atoms with Crippen molar-refractivity contribution in [2.75, 3.05) is 31.5 Å². The molecule has 8 heteroatoms. The van der Waals surface area contributed by atoms with E-state index in [-0.39, 0.29) is 35.4 Å². The van der Waals surface area contributed by atoms with E-state index in [1.165, 1.54) is 23.4 Å². The highest BCUT2D eigenvalue weighted by molar-refractivity contribution is 7.89. The molecule has 29 heavy (non-hydrogen) atoms. The highest BCUT2D eigenvalue weighted by Gasteiger charge is 2.29. The summed E-state index contributed by atoms with van der Waals surface area (Å²) in [6.07, 6.45) is 0. The van der Waals surface area contributed by atoms with E-state index in [4.69, 9.17) is 0 Å². The van der Waals surface area contributed by atoms with Gasteiger partial charge in [0, 0.05) is 44.4 Å². The van der Waals surface area contributed by atoms with Gasteiger partial charge >= 0.3 is 0 Å². The van der Waals surface area contributed by atoms with Gasteiger partial charge < -0.3 is 10.2 Å². The third-order valence-corrected chi connectivity index (χ3v) is 6.79. The Morgan fingerprint density at radius 3 is 2.14 bits per heavy atom. The summed E-state index contributed by atoms with van der Waals surface area (Å²) in [5.41, 5.74) is 3.00. The fourth-order valence-electron chi connectivity index (χ4n) is 3.44. The van der Waals surface area contributed by atoms with Crippen molar-refractivity contribution in [3.8, 4) is 0 Å². The molecule has 0 bridgehead atoms. The van der Waals surface area contributed by atoms with Crippen LogP contribution < -0.4 is 5.32 Å². The lowest BCUT2D eigenvalue weighted by atomic mass is 10.1. The molecular weight excluding hydrogens is 390 g/mol. The maximum absolute atomic E-state index is 13.0. The summed E-state index contributed by atoms with van der Waals surface area (Å²) < 4.78 is 27.3. The number of benzene rings is 2. The number of amides is 2. The van der Waals surface area contributed by atoms with Crippen molar-refractivity contribution in [1.29, 1.82) is 0 Å². The maximum atomic E-state index is 13.0. The number of rotatable bonds is 4. The van der Waals surface area contributed by atoms with Crippen molar-refractivity contribution < 1.29 is 18.0 Å². The molecule has 0 atom stereocenters. The molecule has 1 N–H and O–H groups in total. The molecule has 0 radical (unpaired) electrons. The normalized spacial score (nSPS) is 15.2. The van der Waals surface area contributed by atoms with Gasteiger partial charge in [0.05, 0.1) is 4.90 Å². The van der Waals surface area contributed by atoms with E-state index < -0.39 is 10.0 Å². The molecule has 2 aromatic carbocycles. The van der Waals surface area contributed by atoms with Gasteiger partial charge in [0.1, 0.15) is 0 Å². The molecule has 1 aliphatic heterocycles. The number of hydrogen-bond acceptors (Lipinski definition) is 4. The van der Waals surface area contributed by atoms with Crippen molar-refractivity contribution in [2.45, 2.75) is 25.7 Å². The molecule has 0 aliphatic carbocycles. The Morgan fingerprint density at radius 2 is 1.55 bits per heavy atom. The number of hydrogen-bond donors (Lipinski definition) is 1. The summed E-state index contributed by atoms with van der Waals surface area (Å²) in [4.78, 5) is 25.8. The summed E-state index contributed by atoms with van der Waals surface area (Å²) in [7, 11) is -3.74. The number of sulfonamides is 1. The van der Waals surface area contributed by atoms with Gasteiger partial charge in [-0.3, -0.25) is 9.59 Å². The third-order valence-electron chi connectivity index (χ3n) is 4.90. The van der Waals surface area contributed by atoms with E-state index in [2.05, 4.69) is 5.32 Å². The Balaban J connectivity index is 1.78. The van der Waals surface area contributed by atoms with E-state index in [0.717, 1.165) is 11.1 Å². The molecule has 1 saturated heterocycles. The molecule has 7 nitrogen and oxygen atoms in total. The maximum Gasteiger partial charge on any atom is 0.255 e. The second-order valence-electron chi connectivity index (χ2n) is 7.27. The number of anilines is 1. The first-order valence-electron chi connectivity index (χ1n) is 9.42. The molecule has 0 unspecified atom stereocenters. The fraction of sp³-hybridized carbons (Fsp3) is 0.333. The molecule has 154 valence electrons. The number of piperazine rings is 1. The van der Waals surface area contributed by atoms with Crippen LogP contribution in [0.2, 0.25) is 0 Å². The van der Waals surface area contributed by atoms with Gasteiger partial charge in [0.25, 0.3) is 5.91 Å². The van der Waals surface area contributed by atoms with Gasteiger partial charge in [0.2, 0.25) is 15.9 Å². The number of nitrogens with one attached hydrogen (secondary N) is 1. The first-order chi connectivity index (χ1) is 13.7. The van der Waals surface area contributed by atoms with E-state index >= 15 is 0 Å². The van der Waals surface area contributed by atoms with Crippen LogP contribution in [-0.4, -0.2) is 55.6 Å². The van der Waals surface area contributed by atoms with E-state index in [0.29, 0.717) is 18.8 Å². The lowest BCUT2D eigenvalue weighted by molar-refractivity contribution is -0.129. The van der Waals surface area contributed by atoms with E-state index in [1.54, 1.807) is 17.0 Å². The molecule has 2 aromatic rings. The number of aryl methyl sites for hydroxylation is 2. The quantitative estimate of drug-likeness (QED) is 0.831. The Bertz CT molecular complexity index is 1020. The second kappa shape index (κ2) is 8.34. The van der Waals surface area contributed by atoms with Crippen LogP contribution in [0, 0.1) is 13.8 Å². The first-order valence-corrected chi connectivity index (χ1v) is 10.9. The predicted octanol–water partition coefficient (Wildman–Crippen LogP) is 2.41. The van der Waals surface area contributed by atoms with Crippen molar-refractivity contribution in [3.05, 3.63) is 59.2 Å². The molecule has 0 aromatic heterocycles. The summed E-state index contributed by atoms with van der Waals surface area (Å²) in [5.74, 6) is -0.430. The predicted molar refractivity (Wildman–Crippen MR) is 111 cm³/mol.